The number of hydrogen-bond acceptors (Lipinski definition) is 3. The minimum absolute atomic E-state index is 0.0470. The van der Waals surface area contributed by atoms with Gasteiger partial charge in [-0.25, -0.2) is 0 Å². The highest BCUT2D eigenvalue weighted by atomic mass is 79.9. The van der Waals surface area contributed by atoms with Gasteiger partial charge in [0.2, 0.25) is 0 Å². The van der Waals surface area contributed by atoms with Crippen LogP contribution in [0, 0.1) is 6.92 Å². The molecule has 18 heavy (non-hydrogen) atoms. The van der Waals surface area contributed by atoms with Gasteiger partial charge in [-0.1, -0.05) is 27.2 Å². The van der Waals surface area contributed by atoms with E-state index in [2.05, 4.69) is 21.1 Å². The van der Waals surface area contributed by atoms with Crippen molar-refractivity contribution in [2.75, 3.05) is 13.1 Å². The lowest BCUT2D eigenvalue weighted by Crippen LogP contribution is -2.39. The summed E-state index contributed by atoms with van der Waals surface area (Å²) in [5, 5.41) is 11.9. The lowest BCUT2D eigenvalue weighted by Gasteiger charge is -2.27. The summed E-state index contributed by atoms with van der Waals surface area (Å²) in [6.45, 7) is 3.17. The number of aryl methyl sites for hydroxylation is 1. The van der Waals surface area contributed by atoms with Gasteiger partial charge in [0, 0.05) is 36.0 Å². The van der Waals surface area contributed by atoms with Gasteiger partial charge in [0.05, 0.1) is 5.71 Å². The summed E-state index contributed by atoms with van der Waals surface area (Å²) < 4.78 is 0.908. The molecule has 1 fully saturated rings. The average Bonchev–Trinajstić information content (AvgIpc) is 2.41. The second-order valence-corrected chi connectivity index (χ2v) is 5.33. The zero-order valence-electron chi connectivity index (χ0n) is 10.2. The fourth-order valence-corrected chi connectivity index (χ4v) is 2.42. The van der Waals surface area contributed by atoms with Crippen LogP contribution in [0.15, 0.2) is 27.8 Å². The molecule has 5 heteroatoms. The van der Waals surface area contributed by atoms with Crippen LogP contribution in [0.3, 0.4) is 0 Å². The maximum absolute atomic E-state index is 12.4. The molecule has 1 saturated heterocycles. The van der Waals surface area contributed by atoms with Crippen molar-refractivity contribution in [1.82, 2.24) is 4.90 Å². The molecule has 4 nitrogen and oxygen atoms in total. The van der Waals surface area contributed by atoms with E-state index in [1.165, 1.54) is 0 Å². The Balaban J connectivity index is 2.15. The molecule has 96 valence electrons. The van der Waals surface area contributed by atoms with E-state index in [1.807, 2.05) is 30.0 Å². The van der Waals surface area contributed by atoms with Gasteiger partial charge in [-0.3, -0.25) is 4.79 Å². The molecule has 1 aliphatic rings. The third kappa shape index (κ3) is 2.72. The zero-order valence-corrected chi connectivity index (χ0v) is 11.8. The largest absolute Gasteiger partial charge is 0.411 e. The number of oxime groups is 1. The average molecular weight is 311 g/mol. The zero-order chi connectivity index (χ0) is 13.1. The molecule has 1 amide bonds. The van der Waals surface area contributed by atoms with Crippen LogP contribution in [-0.2, 0) is 0 Å². The van der Waals surface area contributed by atoms with E-state index in [0.29, 0.717) is 25.9 Å². The highest BCUT2D eigenvalue weighted by Crippen LogP contribution is 2.19. The van der Waals surface area contributed by atoms with Crippen molar-refractivity contribution in [2.24, 2.45) is 5.16 Å². The number of benzene rings is 1. The molecule has 0 spiro atoms. The van der Waals surface area contributed by atoms with Gasteiger partial charge in [0.25, 0.3) is 5.91 Å². The van der Waals surface area contributed by atoms with Crippen LogP contribution in [0.25, 0.3) is 0 Å². The maximum Gasteiger partial charge on any atom is 0.254 e. The van der Waals surface area contributed by atoms with Crippen LogP contribution in [0.4, 0.5) is 0 Å². The van der Waals surface area contributed by atoms with Crippen LogP contribution >= 0.6 is 15.9 Å². The van der Waals surface area contributed by atoms with Crippen molar-refractivity contribution in [2.45, 2.75) is 19.8 Å². The van der Waals surface area contributed by atoms with E-state index in [9.17, 15) is 4.79 Å². The van der Waals surface area contributed by atoms with E-state index >= 15 is 0 Å². The van der Waals surface area contributed by atoms with E-state index in [0.717, 1.165) is 21.3 Å². The minimum Gasteiger partial charge on any atom is -0.411 e. The molecule has 0 aromatic heterocycles. The Morgan fingerprint density at radius 3 is 2.67 bits per heavy atom. The molecule has 1 heterocycles. The Labute approximate surface area is 114 Å². The van der Waals surface area contributed by atoms with Gasteiger partial charge in [-0.15, -0.1) is 0 Å². The number of rotatable bonds is 1. The number of likely N-dealkylation sites (tertiary alicyclic amines) is 1. The molecular formula is C13H15BrN2O2. The molecule has 0 unspecified atom stereocenters. The summed E-state index contributed by atoms with van der Waals surface area (Å²) in [6.07, 6.45) is 1.30. The molecule has 2 rings (SSSR count). The first-order chi connectivity index (χ1) is 8.61. The second-order valence-electron chi connectivity index (χ2n) is 4.42. The summed E-state index contributed by atoms with van der Waals surface area (Å²) in [7, 11) is 0. The number of amides is 1. The smallest absolute Gasteiger partial charge is 0.254 e. The van der Waals surface area contributed by atoms with Crippen molar-refractivity contribution in [1.29, 1.82) is 0 Å². The molecule has 1 aromatic carbocycles. The van der Waals surface area contributed by atoms with Crippen LogP contribution in [-0.4, -0.2) is 34.8 Å². The Kier molecular flexibility index (Phi) is 4.01. The van der Waals surface area contributed by atoms with Crippen molar-refractivity contribution < 1.29 is 10.0 Å². The van der Waals surface area contributed by atoms with Gasteiger partial charge in [0.15, 0.2) is 0 Å². The van der Waals surface area contributed by atoms with Crippen LogP contribution < -0.4 is 0 Å². The van der Waals surface area contributed by atoms with Gasteiger partial charge < -0.3 is 10.1 Å². The SMILES string of the molecule is Cc1ccc(Br)cc1C(=O)N1CCC(=NO)CC1. The third-order valence-corrected chi connectivity index (χ3v) is 3.69. The van der Waals surface area contributed by atoms with Gasteiger partial charge in [-0.05, 0) is 24.6 Å². The maximum atomic E-state index is 12.4. The molecule has 0 bridgehead atoms. The Hall–Kier alpha value is -1.36. The van der Waals surface area contributed by atoms with E-state index < -0.39 is 0 Å². The Morgan fingerprint density at radius 2 is 2.06 bits per heavy atom. The molecule has 1 aromatic rings. The van der Waals surface area contributed by atoms with Crippen molar-refractivity contribution in [3.8, 4) is 0 Å². The van der Waals surface area contributed by atoms with Crippen LogP contribution in [0.1, 0.15) is 28.8 Å². The van der Waals surface area contributed by atoms with Crippen LogP contribution in [0.5, 0.6) is 0 Å². The second kappa shape index (κ2) is 5.52. The van der Waals surface area contributed by atoms with E-state index in [4.69, 9.17) is 5.21 Å². The summed E-state index contributed by atoms with van der Waals surface area (Å²) in [6, 6.07) is 5.72. The molecule has 1 aliphatic heterocycles. The first kappa shape index (κ1) is 13.1. The molecule has 0 atom stereocenters. The molecular weight excluding hydrogens is 296 g/mol. The number of halogens is 1. The molecule has 1 N–H and O–H groups in total. The van der Waals surface area contributed by atoms with Crippen molar-refractivity contribution in [3.05, 3.63) is 33.8 Å². The number of piperidine rings is 1. The normalized spacial score (nSPS) is 15.7. The summed E-state index contributed by atoms with van der Waals surface area (Å²) >= 11 is 3.39. The van der Waals surface area contributed by atoms with Gasteiger partial charge in [-0.2, -0.15) is 0 Å². The fourth-order valence-electron chi connectivity index (χ4n) is 2.06. The first-order valence-corrected chi connectivity index (χ1v) is 6.66. The summed E-state index contributed by atoms with van der Waals surface area (Å²) in [5.41, 5.74) is 2.48. The first-order valence-electron chi connectivity index (χ1n) is 5.87. The van der Waals surface area contributed by atoms with E-state index in [1.54, 1.807) is 0 Å². The highest BCUT2D eigenvalue weighted by Gasteiger charge is 2.22. The number of carbonyl (C=O) groups is 1. The summed E-state index contributed by atoms with van der Waals surface area (Å²) in [5.74, 6) is 0.0470. The van der Waals surface area contributed by atoms with Gasteiger partial charge >= 0.3 is 0 Å². The number of carbonyl (C=O) groups excluding carboxylic acids is 1. The predicted molar refractivity (Wildman–Crippen MR) is 73.2 cm³/mol. The molecule has 0 radical (unpaired) electrons. The highest BCUT2D eigenvalue weighted by molar-refractivity contribution is 9.10. The quantitative estimate of drug-likeness (QED) is 0.640. The number of hydrogen-bond donors (Lipinski definition) is 1. The minimum atomic E-state index is 0.0470. The Bertz CT molecular complexity index is 490. The lowest BCUT2D eigenvalue weighted by atomic mass is 10.0. The number of nitrogens with zero attached hydrogens (tertiary/aromatic N) is 2. The van der Waals surface area contributed by atoms with Crippen molar-refractivity contribution >= 4 is 27.5 Å². The predicted octanol–water partition coefficient (Wildman–Crippen LogP) is 2.82. The fraction of sp³-hybridized carbons (Fsp3) is 0.385. The van der Waals surface area contributed by atoms with Crippen LogP contribution in [0.2, 0.25) is 0 Å². The standard InChI is InChI=1S/C13H15BrN2O2/c1-9-2-3-10(14)8-12(9)13(17)16-6-4-11(15-18)5-7-16/h2-3,8,18H,4-7H2,1H3. The monoisotopic (exact) mass is 310 g/mol. The molecule has 0 aliphatic carbocycles. The third-order valence-electron chi connectivity index (χ3n) is 3.20. The lowest BCUT2D eigenvalue weighted by molar-refractivity contribution is 0.0753. The van der Waals surface area contributed by atoms with Crippen molar-refractivity contribution in [3.63, 3.8) is 0 Å². The Morgan fingerprint density at radius 1 is 1.39 bits per heavy atom. The summed E-state index contributed by atoms with van der Waals surface area (Å²) in [4.78, 5) is 14.2. The topological polar surface area (TPSA) is 52.9 Å². The molecule has 0 saturated carbocycles. The van der Waals surface area contributed by atoms with E-state index in [-0.39, 0.29) is 5.91 Å². The van der Waals surface area contributed by atoms with Gasteiger partial charge in [0.1, 0.15) is 0 Å².